The van der Waals surface area contributed by atoms with Crippen LogP contribution in [0.15, 0.2) is 47.4 Å². The lowest BCUT2D eigenvalue weighted by atomic mass is 9.73. The summed E-state index contributed by atoms with van der Waals surface area (Å²) in [6, 6.07) is 13.5. The largest absolute Gasteiger partial charge is 0.370 e. The molecule has 1 saturated carbocycles. The number of carbonyl (C=O) groups excluding carboxylic acids is 1. The standard InChI is InChI=1S/C27H34Cl3N3O4S/c1-32(38(35,36)26-23(29)17-21(28)18-24(26)30)15-16-37-19-25(34)31-22-9-11-27(12-10-22,33-13-5-6-14-33)20-7-3-2-4-8-20/h2-4,7-8,17-18,22H,5-6,9-16,19H2,1H3,(H,31,34). The minimum Gasteiger partial charge on any atom is -0.370 e. The molecule has 1 amide bonds. The van der Waals surface area contributed by atoms with Gasteiger partial charge in [0.25, 0.3) is 0 Å². The predicted molar refractivity (Wildman–Crippen MR) is 151 cm³/mol. The van der Waals surface area contributed by atoms with E-state index in [1.165, 1.54) is 37.6 Å². The molecule has 1 saturated heterocycles. The molecular formula is C27H34Cl3N3O4S. The zero-order valence-electron chi connectivity index (χ0n) is 21.5. The molecule has 208 valence electrons. The molecule has 4 rings (SSSR count). The molecule has 0 radical (unpaired) electrons. The highest BCUT2D eigenvalue weighted by Gasteiger charge is 2.42. The third-order valence-corrected chi connectivity index (χ3v) is 10.6. The van der Waals surface area contributed by atoms with Crippen LogP contribution in [0.1, 0.15) is 44.1 Å². The second-order valence-corrected chi connectivity index (χ2v) is 13.2. The lowest BCUT2D eigenvalue weighted by Crippen LogP contribution is -2.50. The first-order valence-electron chi connectivity index (χ1n) is 12.9. The van der Waals surface area contributed by atoms with Gasteiger partial charge in [-0.25, -0.2) is 8.42 Å². The Hall–Kier alpha value is -1.39. The smallest absolute Gasteiger partial charge is 0.246 e. The van der Waals surface area contributed by atoms with Crippen molar-refractivity contribution in [3.05, 3.63) is 63.1 Å². The van der Waals surface area contributed by atoms with Crippen LogP contribution in [0.5, 0.6) is 0 Å². The van der Waals surface area contributed by atoms with Gasteiger partial charge in [-0.15, -0.1) is 0 Å². The molecule has 1 aliphatic heterocycles. The fraction of sp³-hybridized carbons (Fsp3) is 0.519. The van der Waals surface area contributed by atoms with Crippen LogP contribution in [-0.2, 0) is 25.1 Å². The summed E-state index contributed by atoms with van der Waals surface area (Å²) in [5, 5.41) is 3.24. The van der Waals surface area contributed by atoms with Crippen molar-refractivity contribution in [2.75, 3.05) is 39.9 Å². The van der Waals surface area contributed by atoms with Gasteiger partial charge in [-0.3, -0.25) is 9.69 Å². The third kappa shape index (κ3) is 6.66. The SMILES string of the molecule is CN(CCOCC(=O)NC1CCC(c2ccccc2)(N2CCCC2)CC1)S(=O)(=O)c1c(Cl)cc(Cl)cc1Cl. The first-order chi connectivity index (χ1) is 18.1. The van der Waals surface area contributed by atoms with Crippen molar-refractivity contribution in [3.63, 3.8) is 0 Å². The van der Waals surface area contributed by atoms with Gasteiger partial charge in [0, 0.05) is 30.2 Å². The summed E-state index contributed by atoms with van der Waals surface area (Å²) in [6.07, 6.45) is 6.29. The maximum atomic E-state index is 12.9. The molecule has 2 fully saturated rings. The van der Waals surface area contributed by atoms with Gasteiger partial charge >= 0.3 is 0 Å². The van der Waals surface area contributed by atoms with Gasteiger partial charge in [0.15, 0.2) is 0 Å². The number of hydrogen-bond acceptors (Lipinski definition) is 5. The molecule has 38 heavy (non-hydrogen) atoms. The number of carbonyl (C=O) groups is 1. The predicted octanol–water partition coefficient (Wildman–Crippen LogP) is 5.33. The van der Waals surface area contributed by atoms with Crippen LogP contribution in [0.3, 0.4) is 0 Å². The molecule has 1 heterocycles. The maximum Gasteiger partial charge on any atom is 0.246 e. The summed E-state index contributed by atoms with van der Waals surface area (Å²) in [5.41, 5.74) is 1.41. The molecule has 2 aromatic carbocycles. The van der Waals surface area contributed by atoms with Gasteiger partial charge in [0.2, 0.25) is 15.9 Å². The topological polar surface area (TPSA) is 79.0 Å². The van der Waals surface area contributed by atoms with E-state index >= 15 is 0 Å². The minimum absolute atomic E-state index is 0.0315. The molecule has 1 N–H and O–H groups in total. The summed E-state index contributed by atoms with van der Waals surface area (Å²) in [7, 11) is -2.55. The highest BCUT2D eigenvalue weighted by molar-refractivity contribution is 7.89. The Morgan fingerprint density at radius 3 is 2.29 bits per heavy atom. The molecule has 0 bridgehead atoms. The number of amides is 1. The lowest BCUT2D eigenvalue weighted by Gasteiger charge is -2.47. The number of likely N-dealkylation sites (N-methyl/N-ethyl adjacent to an activating group) is 1. The zero-order chi connectivity index (χ0) is 27.3. The number of ether oxygens (including phenoxy) is 1. The lowest BCUT2D eigenvalue weighted by molar-refractivity contribution is -0.126. The molecule has 2 aromatic rings. The minimum atomic E-state index is -3.96. The number of nitrogens with zero attached hydrogens (tertiary/aromatic N) is 2. The molecular weight excluding hydrogens is 569 g/mol. The van der Waals surface area contributed by atoms with E-state index in [-0.39, 0.29) is 57.2 Å². The van der Waals surface area contributed by atoms with Crippen LogP contribution < -0.4 is 5.32 Å². The van der Waals surface area contributed by atoms with Gasteiger partial charge in [-0.2, -0.15) is 4.31 Å². The summed E-state index contributed by atoms with van der Waals surface area (Å²) >= 11 is 18.1. The van der Waals surface area contributed by atoms with E-state index in [1.807, 2.05) is 0 Å². The zero-order valence-corrected chi connectivity index (χ0v) is 24.6. The third-order valence-electron chi connectivity index (χ3n) is 7.62. The first kappa shape index (κ1) is 29.6. The van der Waals surface area contributed by atoms with Gasteiger partial charge in [-0.1, -0.05) is 65.1 Å². The fourth-order valence-corrected chi connectivity index (χ4v) is 8.24. The van der Waals surface area contributed by atoms with Crippen LogP contribution in [0, 0.1) is 0 Å². The summed E-state index contributed by atoms with van der Waals surface area (Å²) in [6.45, 7) is 2.19. The summed E-state index contributed by atoms with van der Waals surface area (Å²) in [5.74, 6) is -0.197. The van der Waals surface area contributed by atoms with Gasteiger partial charge in [0.1, 0.15) is 11.5 Å². The van der Waals surface area contributed by atoms with Crippen LogP contribution in [0.2, 0.25) is 15.1 Å². The number of benzene rings is 2. The molecule has 1 aliphatic carbocycles. The van der Waals surface area contributed by atoms with Gasteiger partial charge < -0.3 is 10.1 Å². The molecule has 2 aliphatic rings. The van der Waals surface area contributed by atoms with Crippen molar-refractivity contribution in [1.82, 2.24) is 14.5 Å². The van der Waals surface area contributed by atoms with Crippen molar-refractivity contribution in [3.8, 4) is 0 Å². The van der Waals surface area contributed by atoms with Crippen molar-refractivity contribution in [2.45, 2.75) is 55.0 Å². The first-order valence-corrected chi connectivity index (χ1v) is 15.5. The average molecular weight is 603 g/mol. The molecule has 0 unspecified atom stereocenters. The Balaban J connectivity index is 1.24. The molecule has 11 heteroatoms. The highest BCUT2D eigenvalue weighted by atomic mass is 35.5. The Bertz CT molecular complexity index is 1190. The van der Waals surface area contributed by atoms with E-state index in [4.69, 9.17) is 39.5 Å². The van der Waals surface area contributed by atoms with Crippen LogP contribution in [0.25, 0.3) is 0 Å². The second kappa shape index (κ2) is 12.9. The van der Waals surface area contributed by atoms with E-state index in [0.717, 1.165) is 43.1 Å². The second-order valence-electron chi connectivity index (χ2n) is 10.0. The number of nitrogens with one attached hydrogen (secondary N) is 1. The van der Waals surface area contributed by atoms with Crippen LogP contribution in [-0.4, -0.2) is 69.5 Å². The van der Waals surface area contributed by atoms with Crippen molar-refractivity contribution < 1.29 is 17.9 Å². The van der Waals surface area contributed by atoms with Gasteiger partial charge in [0.05, 0.1) is 16.7 Å². The molecule has 7 nitrogen and oxygen atoms in total. The van der Waals surface area contributed by atoms with Crippen LogP contribution in [0.4, 0.5) is 0 Å². The normalized spacial score (nSPS) is 22.6. The Morgan fingerprint density at radius 2 is 1.68 bits per heavy atom. The quantitative estimate of drug-likeness (QED) is 0.372. The van der Waals surface area contributed by atoms with E-state index in [9.17, 15) is 13.2 Å². The van der Waals surface area contributed by atoms with E-state index in [1.54, 1.807) is 0 Å². The fourth-order valence-electron chi connectivity index (χ4n) is 5.60. The van der Waals surface area contributed by atoms with E-state index < -0.39 is 10.0 Å². The van der Waals surface area contributed by atoms with E-state index in [0.29, 0.717) is 0 Å². The molecule has 0 atom stereocenters. The van der Waals surface area contributed by atoms with Gasteiger partial charge in [-0.05, 0) is 69.3 Å². The number of likely N-dealkylation sites (tertiary alicyclic amines) is 1. The Labute approximate surface area is 240 Å². The summed E-state index contributed by atoms with van der Waals surface area (Å²) in [4.78, 5) is 15.0. The number of hydrogen-bond donors (Lipinski definition) is 1. The maximum absolute atomic E-state index is 12.9. The van der Waals surface area contributed by atoms with Crippen LogP contribution >= 0.6 is 34.8 Å². The highest BCUT2D eigenvalue weighted by Crippen LogP contribution is 2.44. The Morgan fingerprint density at radius 1 is 1.08 bits per heavy atom. The van der Waals surface area contributed by atoms with Crippen molar-refractivity contribution >= 4 is 50.7 Å². The average Bonchev–Trinajstić information content (AvgIpc) is 3.42. The van der Waals surface area contributed by atoms with Crippen molar-refractivity contribution in [2.24, 2.45) is 0 Å². The van der Waals surface area contributed by atoms with E-state index in [2.05, 4.69) is 40.5 Å². The number of sulfonamides is 1. The number of halogens is 3. The van der Waals surface area contributed by atoms with Crippen molar-refractivity contribution in [1.29, 1.82) is 0 Å². The summed E-state index contributed by atoms with van der Waals surface area (Å²) < 4.78 is 32.4. The monoisotopic (exact) mass is 601 g/mol. The number of rotatable bonds is 10. The molecule has 0 spiro atoms. The molecule has 0 aromatic heterocycles. The Kier molecular flexibility index (Phi) is 10.0.